The third kappa shape index (κ3) is 2.66. The monoisotopic (exact) mass is 319 g/mol. The number of rotatable bonds is 3. The van der Waals surface area contributed by atoms with Crippen molar-refractivity contribution in [3.63, 3.8) is 0 Å². The Bertz CT molecular complexity index is 971. The Morgan fingerprint density at radius 1 is 1.04 bits per heavy atom. The summed E-state index contributed by atoms with van der Waals surface area (Å²) in [7, 11) is 0. The Labute approximate surface area is 136 Å². The van der Waals surface area contributed by atoms with Crippen LogP contribution >= 0.6 is 11.3 Å². The van der Waals surface area contributed by atoms with Gasteiger partial charge in [-0.1, -0.05) is 30.3 Å². The minimum Gasteiger partial charge on any atom is -0.345 e. The van der Waals surface area contributed by atoms with Gasteiger partial charge < -0.3 is 5.32 Å². The molecule has 0 aliphatic carbocycles. The third-order valence-corrected chi connectivity index (χ3v) is 4.65. The maximum atomic E-state index is 12.5. The number of nitrogens with one attached hydrogen (secondary N) is 1. The first kappa shape index (κ1) is 13.8. The number of aromatic nitrogens is 2. The highest BCUT2D eigenvalue weighted by atomic mass is 32.1. The van der Waals surface area contributed by atoms with Gasteiger partial charge in [0.2, 0.25) is 0 Å². The molecule has 112 valence electrons. The molecule has 0 unspecified atom stereocenters. The van der Waals surface area contributed by atoms with Crippen molar-refractivity contribution in [1.82, 2.24) is 15.3 Å². The van der Waals surface area contributed by atoms with Crippen molar-refractivity contribution in [2.45, 2.75) is 6.54 Å². The largest absolute Gasteiger partial charge is 0.345 e. The Morgan fingerprint density at radius 3 is 2.83 bits per heavy atom. The zero-order valence-corrected chi connectivity index (χ0v) is 13.0. The van der Waals surface area contributed by atoms with Crippen molar-refractivity contribution in [2.24, 2.45) is 0 Å². The first-order valence-electron chi connectivity index (χ1n) is 7.28. The maximum Gasteiger partial charge on any atom is 0.253 e. The van der Waals surface area contributed by atoms with Crippen LogP contribution in [-0.2, 0) is 6.54 Å². The lowest BCUT2D eigenvalue weighted by Gasteiger charge is -2.06. The first-order chi connectivity index (χ1) is 11.3. The number of amides is 1. The van der Waals surface area contributed by atoms with Gasteiger partial charge in [-0.15, -0.1) is 11.3 Å². The predicted octanol–water partition coefficient (Wildman–Crippen LogP) is 3.77. The number of thiazole rings is 1. The molecule has 0 saturated heterocycles. The molecule has 0 radical (unpaired) electrons. The molecule has 4 aromatic rings. The van der Waals surface area contributed by atoms with Gasteiger partial charge in [0.15, 0.2) is 0 Å². The Kier molecular flexibility index (Phi) is 3.48. The average Bonchev–Trinajstić information content (AvgIpc) is 3.02. The second-order valence-electron chi connectivity index (χ2n) is 5.14. The Hall–Kier alpha value is -2.79. The standard InChI is InChI=1S/C18H13N3OS/c22-18(13-7-3-5-12-6-4-10-19-17(12)13)20-11-16-21-14-8-1-2-9-15(14)23-16/h1-10H,11H2,(H,20,22). The van der Waals surface area contributed by atoms with Crippen LogP contribution in [0.3, 0.4) is 0 Å². The molecule has 0 aliphatic rings. The van der Waals surface area contributed by atoms with E-state index < -0.39 is 0 Å². The molecule has 0 fully saturated rings. The van der Waals surface area contributed by atoms with Crippen molar-refractivity contribution in [3.8, 4) is 0 Å². The first-order valence-corrected chi connectivity index (χ1v) is 8.09. The van der Waals surface area contributed by atoms with E-state index >= 15 is 0 Å². The third-order valence-electron chi connectivity index (χ3n) is 3.62. The van der Waals surface area contributed by atoms with Crippen molar-refractivity contribution in [1.29, 1.82) is 0 Å². The van der Waals surface area contributed by atoms with Gasteiger partial charge in [0.1, 0.15) is 5.01 Å². The molecule has 23 heavy (non-hydrogen) atoms. The molecule has 2 aromatic carbocycles. The molecule has 0 aliphatic heterocycles. The molecular formula is C18H13N3OS. The lowest BCUT2D eigenvalue weighted by molar-refractivity contribution is 0.0952. The minimum absolute atomic E-state index is 0.131. The van der Waals surface area contributed by atoms with E-state index in [1.54, 1.807) is 23.6 Å². The van der Waals surface area contributed by atoms with Crippen LogP contribution in [0.4, 0.5) is 0 Å². The van der Waals surface area contributed by atoms with Gasteiger partial charge >= 0.3 is 0 Å². The van der Waals surface area contributed by atoms with E-state index in [0.29, 0.717) is 12.1 Å². The number of para-hydroxylation sites is 2. The molecule has 0 spiro atoms. The van der Waals surface area contributed by atoms with E-state index in [1.165, 1.54) is 0 Å². The molecule has 4 nitrogen and oxygen atoms in total. The van der Waals surface area contributed by atoms with E-state index in [-0.39, 0.29) is 5.91 Å². The van der Waals surface area contributed by atoms with E-state index in [0.717, 1.165) is 26.1 Å². The molecule has 0 saturated carbocycles. The lowest BCUT2D eigenvalue weighted by atomic mass is 10.1. The fraction of sp³-hybridized carbons (Fsp3) is 0.0556. The highest BCUT2D eigenvalue weighted by molar-refractivity contribution is 7.18. The topological polar surface area (TPSA) is 54.9 Å². The van der Waals surface area contributed by atoms with Crippen LogP contribution in [0, 0.1) is 0 Å². The van der Waals surface area contributed by atoms with Crippen LogP contribution in [0.2, 0.25) is 0 Å². The number of fused-ring (bicyclic) bond motifs is 2. The molecule has 0 bridgehead atoms. The van der Waals surface area contributed by atoms with Crippen LogP contribution < -0.4 is 5.32 Å². The number of carbonyl (C=O) groups excluding carboxylic acids is 1. The summed E-state index contributed by atoms with van der Waals surface area (Å²) in [4.78, 5) is 21.3. The van der Waals surface area contributed by atoms with Gasteiger partial charge in [-0.05, 0) is 24.3 Å². The highest BCUT2D eigenvalue weighted by Gasteiger charge is 2.11. The van der Waals surface area contributed by atoms with Gasteiger partial charge in [0.25, 0.3) is 5.91 Å². The van der Waals surface area contributed by atoms with Crippen molar-refractivity contribution in [2.75, 3.05) is 0 Å². The van der Waals surface area contributed by atoms with E-state index in [1.807, 2.05) is 48.5 Å². The lowest BCUT2D eigenvalue weighted by Crippen LogP contribution is -2.23. The summed E-state index contributed by atoms with van der Waals surface area (Å²) >= 11 is 1.60. The Balaban J connectivity index is 1.57. The molecule has 4 rings (SSSR count). The zero-order chi connectivity index (χ0) is 15.6. The number of hydrogen-bond acceptors (Lipinski definition) is 4. The molecular weight excluding hydrogens is 306 g/mol. The number of benzene rings is 2. The van der Waals surface area contributed by atoms with Gasteiger partial charge in [-0.25, -0.2) is 4.98 Å². The number of carbonyl (C=O) groups is 1. The van der Waals surface area contributed by atoms with Crippen LogP contribution in [0.5, 0.6) is 0 Å². The van der Waals surface area contributed by atoms with Crippen LogP contribution in [-0.4, -0.2) is 15.9 Å². The SMILES string of the molecule is O=C(NCc1nc2ccccc2s1)c1cccc2cccnc12. The van der Waals surface area contributed by atoms with Crippen LogP contribution in [0.15, 0.2) is 60.8 Å². The minimum atomic E-state index is -0.131. The van der Waals surface area contributed by atoms with Crippen LogP contribution in [0.25, 0.3) is 21.1 Å². The summed E-state index contributed by atoms with van der Waals surface area (Å²) in [5.74, 6) is -0.131. The van der Waals surface area contributed by atoms with E-state index in [9.17, 15) is 4.79 Å². The fourth-order valence-electron chi connectivity index (χ4n) is 2.53. The van der Waals surface area contributed by atoms with E-state index in [2.05, 4.69) is 15.3 Å². The summed E-state index contributed by atoms with van der Waals surface area (Å²) < 4.78 is 1.13. The predicted molar refractivity (Wildman–Crippen MR) is 92.5 cm³/mol. The molecule has 1 amide bonds. The fourth-order valence-corrected chi connectivity index (χ4v) is 3.44. The summed E-state index contributed by atoms with van der Waals surface area (Å²) in [5.41, 5.74) is 2.27. The number of hydrogen-bond donors (Lipinski definition) is 1. The smallest absolute Gasteiger partial charge is 0.253 e. The van der Waals surface area contributed by atoms with Crippen molar-refractivity contribution < 1.29 is 4.79 Å². The normalized spacial score (nSPS) is 11.0. The zero-order valence-electron chi connectivity index (χ0n) is 12.2. The summed E-state index contributed by atoms with van der Waals surface area (Å²) in [5, 5.41) is 4.79. The van der Waals surface area contributed by atoms with Gasteiger partial charge in [0, 0.05) is 11.6 Å². The molecule has 2 heterocycles. The van der Waals surface area contributed by atoms with Crippen molar-refractivity contribution in [3.05, 3.63) is 71.4 Å². The second kappa shape index (κ2) is 5.78. The van der Waals surface area contributed by atoms with Gasteiger partial charge in [0.05, 0.1) is 27.8 Å². The van der Waals surface area contributed by atoms with Crippen LogP contribution in [0.1, 0.15) is 15.4 Å². The van der Waals surface area contributed by atoms with Crippen molar-refractivity contribution >= 4 is 38.4 Å². The summed E-state index contributed by atoms with van der Waals surface area (Å²) in [6, 6.07) is 17.4. The van der Waals surface area contributed by atoms with Gasteiger partial charge in [-0.2, -0.15) is 0 Å². The quantitative estimate of drug-likeness (QED) is 0.625. The summed E-state index contributed by atoms with van der Waals surface area (Å²) in [6.07, 6.45) is 1.70. The number of pyridine rings is 1. The highest BCUT2D eigenvalue weighted by Crippen LogP contribution is 2.21. The molecule has 5 heteroatoms. The van der Waals surface area contributed by atoms with E-state index in [4.69, 9.17) is 0 Å². The maximum absolute atomic E-state index is 12.5. The molecule has 1 N–H and O–H groups in total. The van der Waals surface area contributed by atoms with Gasteiger partial charge in [-0.3, -0.25) is 9.78 Å². The average molecular weight is 319 g/mol. The number of nitrogens with zero attached hydrogens (tertiary/aromatic N) is 2. The Morgan fingerprint density at radius 2 is 1.91 bits per heavy atom. The molecule has 2 aromatic heterocycles. The molecule has 0 atom stereocenters. The summed E-state index contributed by atoms with van der Waals surface area (Å²) in [6.45, 7) is 0.418. The second-order valence-corrected chi connectivity index (χ2v) is 6.25.